The number of aliphatic hydroxyl groups is 1. The molecule has 1 aromatic rings. The summed E-state index contributed by atoms with van der Waals surface area (Å²) >= 11 is 0. The summed E-state index contributed by atoms with van der Waals surface area (Å²) in [6.45, 7) is 2.58. The molecule has 0 saturated heterocycles. The largest absolute Gasteiger partial charge is 0.497 e. The lowest BCUT2D eigenvalue weighted by molar-refractivity contribution is 0.133. The van der Waals surface area contributed by atoms with E-state index in [1.165, 1.54) is 0 Å². The number of rotatable bonds is 7. The van der Waals surface area contributed by atoms with Gasteiger partial charge >= 0.3 is 0 Å². The van der Waals surface area contributed by atoms with Crippen LogP contribution in [0.3, 0.4) is 0 Å². The molecule has 0 aliphatic rings. The molecule has 0 saturated carbocycles. The highest BCUT2D eigenvalue weighted by atomic mass is 16.5. The predicted molar refractivity (Wildman–Crippen MR) is 70.3 cm³/mol. The predicted octanol–water partition coefficient (Wildman–Crippen LogP) is 2.29. The van der Waals surface area contributed by atoms with Crippen LogP contribution in [0, 0.1) is 0 Å². The van der Waals surface area contributed by atoms with E-state index < -0.39 is 0 Å². The third-order valence-electron chi connectivity index (χ3n) is 3.09. The molecule has 0 radical (unpaired) electrons. The second kappa shape index (κ2) is 7.30. The van der Waals surface area contributed by atoms with Crippen LogP contribution in [0.25, 0.3) is 0 Å². The molecule has 0 bridgehead atoms. The molecule has 3 nitrogen and oxygen atoms in total. The van der Waals surface area contributed by atoms with Crippen LogP contribution in [0.2, 0.25) is 0 Å². The first-order chi connectivity index (χ1) is 8.22. The topological polar surface area (TPSA) is 55.5 Å². The zero-order valence-electron chi connectivity index (χ0n) is 10.7. The number of unbranched alkanes of at least 4 members (excludes halogenated alkanes) is 1. The van der Waals surface area contributed by atoms with Crippen molar-refractivity contribution >= 4 is 0 Å². The minimum absolute atomic E-state index is 0.00310. The summed E-state index contributed by atoms with van der Waals surface area (Å²) in [6.07, 6.45) is 2.55. The first kappa shape index (κ1) is 14.0. The number of hydrogen-bond acceptors (Lipinski definition) is 3. The SMILES string of the molecule is CCCCC(O)C(CN)c1cccc(OC)c1. The molecule has 96 valence electrons. The average Bonchev–Trinajstić information content (AvgIpc) is 2.37. The van der Waals surface area contributed by atoms with Crippen molar-refractivity contribution in [2.24, 2.45) is 5.73 Å². The third-order valence-corrected chi connectivity index (χ3v) is 3.09. The van der Waals surface area contributed by atoms with Crippen LogP contribution < -0.4 is 10.5 Å². The number of nitrogens with two attached hydrogens (primary N) is 1. The standard InChI is InChI=1S/C14H23NO2/c1-3-4-8-14(16)13(10-15)11-6-5-7-12(9-11)17-2/h5-7,9,13-14,16H,3-4,8,10,15H2,1-2H3. The zero-order chi connectivity index (χ0) is 12.7. The maximum absolute atomic E-state index is 10.1. The van der Waals surface area contributed by atoms with Crippen molar-refractivity contribution in [2.45, 2.75) is 38.2 Å². The van der Waals surface area contributed by atoms with E-state index in [2.05, 4.69) is 6.92 Å². The van der Waals surface area contributed by atoms with Crippen molar-refractivity contribution in [3.63, 3.8) is 0 Å². The van der Waals surface area contributed by atoms with E-state index in [9.17, 15) is 5.11 Å². The molecule has 0 spiro atoms. The van der Waals surface area contributed by atoms with Crippen molar-refractivity contribution in [2.75, 3.05) is 13.7 Å². The molecule has 0 aromatic heterocycles. The van der Waals surface area contributed by atoms with E-state index >= 15 is 0 Å². The lowest BCUT2D eigenvalue weighted by atomic mass is 9.90. The van der Waals surface area contributed by atoms with E-state index in [0.29, 0.717) is 6.54 Å². The Bertz CT molecular complexity index is 328. The molecule has 2 unspecified atom stereocenters. The number of ether oxygens (including phenoxy) is 1. The average molecular weight is 237 g/mol. The van der Waals surface area contributed by atoms with E-state index in [1.54, 1.807) is 7.11 Å². The maximum atomic E-state index is 10.1. The van der Waals surface area contributed by atoms with Gasteiger partial charge in [-0.2, -0.15) is 0 Å². The second-order valence-electron chi connectivity index (χ2n) is 4.33. The minimum Gasteiger partial charge on any atom is -0.497 e. The number of hydrogen-bond donors (Lipinski definition) is 2. The van der Waals surface area contributed by atoms with E-state index in [1.807, 2.05) is 24.3 Å². The zero-order valence-corrected chi connectivity index (χ0v) is 10.7. The Hall–Kier alpha value is -1.06. The minimum atomic E-state index is -0.368. The van der Waals surface area contributed by atoms with Gasteiger partial charge in [-0.05, 0) is 24.1 Å². The highest BCUT2D eigenvalue weighted by Gasteiger charge is 2.19. The Morgan fingerprint density at radius 3 is 2.76 bits per heavy atom. The van der Waals surface area contributed by atoms with Crippen LogP contribution >= 0.6 is 0 Å². The smallest absolute Gasteiger partial charge is 0.119 e. The Morgan fingerprint density at radius 1 is 1.41 bits per heavy atom. The van der Waals surface area contributed by atoms with Crippen LogP contribution in [-0.4, -0.2) is 24.9 Å². The maximum Gasteiger partial charge on any atom is 0.119 e. The summed E-state index contributed by atoms with van der Waals surface area (Å²) in [5, 5.41) is 10.1. The summed E-state index contributed by atoms with van der Waals surface area (Å²) in [7, 11) is 1.64. The molecule has 2 atom stereocenters. The Labute approximate surface area is 104 Å². The van der Waals surface area contributed by atoms with Gasteiger partial charge in [-0.25, -0.2) is 0 Å². The van der Waals surface area contributed by atoms with E-state index in [-0.39, 0.29) is 12.0 Å². The summed E-state index contributed by atoms with van der Waals surface area (Å²) < 4.78 is 5.19. The van der Waals surface area contributed by atoms with Crippen LogP contribution in [0.15, 0.2) is 24.3 Å². The van der Waals surface area contributed by atoms with Gasteiger partial charge in [0.1, 0.15) is 5.75 Å². The van der Waals surface area contributed by atoms with Gasteiger partial charge in [-0.15, -0.1) is 0 Å². The van der Waals surface area contributed by atoms with Crippen LogP contribution in [0.4, 0.5) is 0 Å². The molecule has 1 aromatic carbocycles. The fourth-order valence-corrected chi connectivity index (χ4v) is 2.00. The Morgan fingerprint density at radius 2 is 2.18 bits per heavy atom. The summed E-state index contributed by atoms with van der Waals surface area (Å²) in [5.41, 5.74) is 6.82. The van der Waals surface area contributed by atoms with Gasteiger partial charge in [0.2, 0.25) is 0 Å². The quantitative estimate of drug-likeness (QED) is 0.765. The van der Waals surface area contributed by atoms with Gasteiger partial charge < -0.3 is 15.6 Å². The fourth-order valence-electron chi connectivity index (χ4n) is 2.00. The molecule has 1 rings (SSSR count). The van der Waals surface area contributed by atoms with Crippen molar-refractivity contribution in [3.8, 4) is 5.75 Å². The molecular weight excluding hydrogens is 214 g/mol. The number of benzene rings is 1. The van der Waals surface area contributed by atoms with E-state index in [4.69, 9.17) is 10.5 Å². The fraction of sp³-hybridized carbons (Fsp3) is 0.571. The molecule has 0 aliphatic heterocycles. The third kappa shape index (κ3) is 4.02. The Kier molecular flexibility index (Phi) is 6.01. The van der Waals surface area contributed by atoms with Gasteiger partial charge in [0, 0.05) is 12.5 Å². The lowest BCUT2D eigenvalue weighted by Crippen LogP contribution is -2.25. The van der Waals surface area contributed by atoms with Gasteiger partial charge in [0.05, 0.1) is 13.2 Å². The van der Waals surface area contributed by atoms with E-state index in [0.717, 1.165) is 30.6 Å². The first-order valence-electron chi connectivity index (χ1n) is 6.25. The lowest BCUT2D eigenvalue weighted by Gasteiger charge is -2.22. The monoisotopic (exact) mass is 237 g/mol. The molecule has 0 heterocycles. The highest BCUT2D eigenvalue weighted by molar-refractivity contribution is 5.31. The van der Waals surface area contributed by atoms with Gasteiger partial charge in [-0.1, -0.05) is 31.9 Å². The molecular formula is C14H23NO2. The summed E-state index contributed by atoms with van der Waals surface area (Å²) in [4.78, 5) is 0. The molecule has 17 heavy (non-hydrogen) atoms. The molecule has 3 heteroatoms. The van der Waals surface area contributed by atoms with Crippen molar-refractivity contribution in [1.82, 2.24) is 0 Å². The van der Waals surface area contributed by atoms with Gasteiger partial charge in [0.25, 0.3) is 0 Å². The number of aliphatic hydroxyl groups excluding tert-OH is 1. The molecule has 0 fully saturated rings. The molecule has 3 N–H and O–H groups in total. The van der Waals surface area contributed by atoms with Crippen molar-refractivity contribution in [3.05, 3.63) is 29.8 Å². The van der Waals surface area contributed by atoms with Crippen molar-refractivity contribution in [1.29, 1.82) is 0 Å². The van der Waals surface area contributed by atoms with Crippen LogP contribution in [0.5, 0.6) is 5.75 Å². The normalized spacial score (nSPS) is 14.4. The van der Waals surface area contributed by atoms with Crippen molar-refractivity contribution < 1.29 is 9.84 Å². The molecule has 0 amide bonds. The summed E-state index contributed by atoms with van der Waals surface area (Å²) in [6, 6.07) is 7.78. The second-order valence-corrected chi connectivity index (χ2v) is 4.33. The number of methoxy groups -OCH3 is 1. The van der Waals surface area contributed by atoms with Crippen LogP contribution in [0.1, 0.15) is 37.7 Å². The summed E-state index contributed by atoms with van der Waals surface area (Å²) in [5.74, 6) is 0.806. The van der Waals surface area contributed by atoms with Gasteiger partial charge in [-0.3, -0.25) is 0 Å². The molecule has 0 aliphatic carbocycles. The van der Waals surface area contributed by atoms with Crippen LogP contribution in [-0.2, 0) is 0 Å². The van der Waals surface area contributed by atoms with Gasteiger partial charge in [0.15, 0.2) is 0 Å². The first-order valence-corrected chi connectivity index (χ1v) is 6.25. The highest BCUT2D eigenvalue weighted by Crippen LogP contribution is 2.25. The Balaban J connectivity index is 2.77.